The average molecular weight is 286 g/mol. The number of nitrogens with zero attached hydrogens (tertiary/aromatic N) is 1. The van der Waals surface area contributed by atoms with Gasteiger partial charge in [0.15, 0.2) is 0 Å². The summed E-state index contributed by atoms with van der Waals surface area (Å²) in [7, 11) is -4.10. The van der Waals surface area contributed by atoms with E-state index in [0.29, 0.717) is 0 Å². The van der Waals surface area contributed by atoms with Gasteiger partial charge in [0.1, 0.15) is 11.6 Å². The number of aromatic carboxylic acids is 1. The quantitative estimate of drug-likeness (QED) is 0.877. The second-order valence-electron chi connectivity index (χ2n) is 3.39. The van der Waals surface area contributed by atoms with Crippen LogP contribution in [-0.4, -0.2) is 24.5 Å². The number of carboxylic acids is 1. The predicted octanol–water partition coefficient (Wildman–Crippen LogP) is 1.31. The summed E-state index contributed by atoms with van der Waals surface area (Å²) in [6.45, 7) is 0. The first-order chi connectivity index (χ1) is 8.88. The molecule has 0 aliphatic carbocycles. The van der Waals surface area contributed by atoms with E-state index in [1.54, 1.807) is 0 Å². The molecule has 0 amide bonds. The fourth-order valence-electron chi connectivity index (χ4n) is 1.20. The molecule has 0 saturated heterocycles. The van der Waals surface area contributed by atoms with Crippen molar-refractivity contribution in [2.24, 2.45) is 0 Å². The molecule has 0 fully saturated rings. The van der Waals surface area contributed by atoms with Gasteiger partial charge >= 0.3 is 5.97 Å². The molecule has 2 aromatic heterocycles. The van der Waals surface area contributed by atoms with Crippen molar-refractivity contribution in [2.75, 3.05) is 4.72 Å². The Labute approximate surface area is 106 Å². The lowest BCUT2D eigenvalue weighted by Gasteiger charge is -2.03. The molecule has 0 atom stereocenters. The van der Waals surface area contributed by atoms with Gasteiger partial charge in [-0.1, -0.05) is 0 Å². The summed E-state index contributed by atoms with van der Waals surface area (Å²) >= 11 is 0. The molecule has 0 saturated carbocycles. The number of rotatable bonds is 4. The van der Waals surface area contributed by atoms with Gasteiger partial charge in [-0.05, 0) is 24.3 Å². The third kappa shape index (κ3) is 2.88. The molecule has 100 valence electrons. The van der Waals surface area contributed by atoms with Crippen LogP contribution in [0.1, 0.15) is 10.6 Å². The normalized spacial score (nSPS) is 11.2. The SMILES string of the molecule is O=C(O)c1ccc(S(=O)(=O)Nc2ccc(F)cn2)o1. The fourth-order valence-corrected chi connectivity index (χ4v) is 2.15. The maximum atomic E-state index is 12.6. The van der Waals surface area contributed by atoms with E-state index in [1.165, 1.54) is 0 Å². The van der Waals surface area contributed by atoms with Gasteiger partial charge in [0.05, 0.1) is 6.20 Å². The van der Waals surface area contributed by atoms with Crippen LogP contribution in [0, 0.1) is 5.82 Å². The highest BCUT2D eigenvalue weighted by Gasteiger charge is 2.21. The zero-order valence-electron chi connectivity index (χ0n) is 9.20. The second-order valence-corrected chi connectivity index (χ2v) is 5.00. The minimum atomic E-state index is -4.10. The average Bonchev–Trinajstić information content (AvgIpc) is 2.82. The number of furan rings is 1. The fraction of sp³-hybridized carbons (Fsp3) is 0. The Hall–Kier alpha value is -2.42. The van der Waals surface area contributed by atoms with E-state index in [-0.39, 0.29) is 5.82 Å². The molecule has 0 aromatic carbocycles. The smallest absolute Gasteiger partial charge is 0.371 e. The number of hydrogen-bond donors (Lipinski definition) is 2. The summed E-state index contributed by atoms with van der Waals surface area (Å²) in [5, 5.41) is 8.05. The van der Waals surface area contributed by atoms with Gasteiger partial charge in [0.2, 0.25) is 10.9 Å². The molecule has 2 rings (SSSR count). The third-order valence-corrected chi connectivity index (χ3v) is 3.25. The van der Waals surface area contributed by atoms with Crippen molar-refractivity contribution >= 4 is 21.8 Å². The third-order valence-electron chi connectivity index (χ3n) is 2.02. The molecule has 0 bridgehead atoms. The maximum Gasteiger partial charge on any atom is 0.371 e. The molecule has 2 N–H and O–H groups in total. The van der Waals surface area contributed by atoms with Crippen LogP contribution < -0.4 is 4.72 Å². The first-order valence-corrected chi connectivity index (χ1v) is 6.34. The molecule has 2 heterocycles. The molecule has 0 radical (unpaired) electrons. The van der Waals surface area contributed by atoms with Gasteiger partial charge in [-0.3, -0.25) is 4.72 Å². The molecule has 0 aliphatic rings. The standard InChI is InChI=1S/C10H7FN2O5S/c11-6-1-3-8(12-5-6)13-19(16,17)9-4-2-7(18-9)10(14)15/h1-5H,(H,12,13)(H,14,15). The van der Waals surface area contributed by atoms with Crippen molar-refractivity contribution in [3.63, 3.8) is 0 Å². The first kappa shape index (κ1) is 13.0. The van der Waals surface area contributed by atoms with E-state index >= 15 is 0 Å². The van der Waals surface area contributed by atoms with Crippen molar-refractivity contribution in [3.05, 3.63) is 42.0 Å². The van der Waals surface area contributed by atoms with Crippen molar-refractivity contribution in [1.82, 2.24) is 4.98 Å². The number of aromatic nitrogens is 1. The number of sulfonamides is 1. The van der Waals surface area contributed by atoms with E-state index in [0.717, 1.165) is 30.5 Å². The van der Waals surface area contributed by atoms with Crippen LogP contribution in [0.25, 0.3) is 0 Å². The number of nitrogens with one attached hydrogen (secondary N) is 1. The van der Waals surface area contributed by atoms with Crippen LogP contribution in [0.2, 0.25) is 0 Å². The highest BCUT2D eigenvalue weighted by molar-refractivity contribution is 7.92. The molecule has 2 aromatic rings. The lowest BCUT2D eigenvalue weighted by atomic mass is 10.5. The Morgan fingerprint density at radius 3 is 2.58 bits per heavy atom. The van der Waals surface area contributed by atoms with E-state index in [4.69, 9.17) is 5.11 Å². The van der Waals surface area contributed by atoms with Gasteiger partial charge in [-0.25, -0.2) is 14.2 Å². The van der Waals surface area contributed by atoms with Crippen LogP contribution in [0.3, 0.4) is 0 Å². The predicted molar refractivity (Wildman–Crippen MR) is 60.7 cm³/mol. The lowest BCUT2D eigenvalue weighted by molar-refractivity contribution is 0.0656. The van der Waals surface area contributed by atoms with Crippen LogP contribution >= 0.6 is 0 Å². The Morgan fingerprint density at radius 1 is 1.32 bits per heavy atom. The number of carboxylic acid groups (broad SMARTS) is 1. The second kappa shape index (κ2) is 4.69. The number of pyridine rings is 1. The van der Waals surface area contributed by atoms with Crippen molar-refractivity contribution in [1.29, 1.82) is 0 Å². The van der Waals surface area contributed by atoms with Gasteiger partial charge in [-0.15, -0.1) is 0 Å². The van der Waals surface area contributed by atoms with Crippen LogP contribution in [0.5, 0.6) is 0 Å². The Kier molecular flexibility index (Phi) is 3.21. The topological polar surface area (TPSA) is 110 Å². The van der Waals surface area contributed by atoms with Gasteiger partial charge in [0.25, 0.3) is 10.0 Å². The molecular weight excluding hydrogens is 279 g/mol. The number of anilines is 1. The monoisotopic (exact) mass is 286 g/mol. The Morgan fingerprint density at radius 2 is 2.05 bits per heavy atom. The van der Waals surface area contributed by atoms with Gasteiger partial charge < -0.3 is 9.52 Å². The minimum Gasteiger partial charge on any atom is -0.475 e. The molecule has 19 heavy (non-hydrogen) atoms. The van der Waals surface area contributed by atoms with Crippen molar-refractivity contribution in [2.45, 2.75) is 5.09 Å². The summed E-state index contributed by atoms with van der Waals surface area (Å²) in [5.74, 6) is -2.63. The molecule has 0 unspecified atom stereocenters. The molecule has 0 aliphatic heterocycles. The largest absolute Gasteiger partial charge is 0.475 e. The summed E-state index contributed by atoms with van der Waals surface area (Å²) < 4.78 is 42.9. The molecular formula is C10H7FN2O5S. The van der Waals surface area contributed by atoms with Crippen molar-refractivity contribution in [3.8, 4) is 0 Å². The highest BCUT2D eigenvalue weighted by Crippen LogP contribution is 2.17. The summed E-state index contributed by atoms with van der Waals surface area (Å²) in [4.78, 5) is 14.1. The van der Waals surface area contributed by atoms with Gasteiger partial charge in [-0.2, -0.15) is 8.42 Å². The van der Waals surface area contributed by atoms with E-state index in [9.17, 15) is 17.6 Å². The number of hydrogen-bond acceptors (Lipinski definition) is 5. The Bertz CT molecular complexity index is 708. The van der Waals surface area contributed by atoms with Crippen molar-refractivity contribution < 1.29 is 27.1 Å². The maximum absolute atomic E-state index is 12.6. The van der Waals surface area contributed by atoms with E-state index in [1.807, 2.05) is 4.72 Å². The van der Waals surface area contributed by atoms with Crippen LogP contribution in [-0.2, 0) is 10.0 Å². The first-order valence-electron chi connectivity index (χ1n) is 4.86. The van der Waals surface area contributed by atoms with E-state index < -0.39 is 32.7 Å². The highest BCUT2D eigenvalue weighted by atomic mass is 32.2. The summed E-state index contributed by atoms with van der Waals surface area (Å²) in [6, 6.07) is 4.15. The summed E-state index contributed by atoms with van der Waals surface area (Å²) in [5.41, 5.74) is 0. The zero-order valence-corrected chi connectivity index (χ0v) is 10.0. The zero-order chi connectivity index (χ0) is 14.0. The van der Waals surface area contributed by atoms with Crippen LogP contribution in [0.15, 0.2) is 40.0 Å². The van der Waals surface area contributed by atoms with Crippen LogP contribution in [0.4, 0.5) is 10.2 Å². The van der Waals surface area contributed by atoms with Gasteiger partial charge in [0, 0.05) is 0 Å². The number of carbonyl (C=O) groups is 1. The molecule has 7 nitrogen and oxygen atoms in total. The summed E-state index contributed by atoms with van der Waals surface area (Å²) in [6.07, 6.45) is 0.836. The van der Waals surface area contributed by atoms with E-state index in [2.05, 4.69) is 9.40 Å². The minimum absolute atomic E-state index is 0.116. The lowest BCUT2D eigenvalue weighted by Crippen LogP contribution is -2.13. The molecule has 0 spiro atoms. The molecule has 9 heteroatoms. The Balaban J connectivity index is 2.26. The number of halogens is 1.